The van der Waals surface area contributed by atoms with Crippen LogP contribution in [0.4, 0.5) is 0 Å². The average Bonchev–Trinajstić information content (AvgIpc) is 3.06. The zero-order valence-corrected chi connectivity index (χ0v) is 12.0. The maximum atomic E-state index is 11.5. The third-order valence-corrected chi connectivity index (χ3v) is 4.56. The van der Waals surface area contributed by atoms with Crippen molar-refractivity contribution >= 4 is 10.0 Å². The van der Waals surface area contributed by atoms with Gasteiger partial charge in [-0.05, 0) is 45.1 Å². The Kier molecular flexibility index (Phi) is 4.98. The zero-order chi connectivity index (χ0) is 13.7. The third-order valence-electron chi connectivity index (χ3n) is 3.27. The monoisotopic (exact) mass is 287 g/mol. The van der Waals surface area contributed by atoms with Crippen LogP contribution in [0, 0.1) is 0 Å². The van der Waals surface area contributed by atoms with Gasteiger partial charge in [0.05, 0.1) is 6.54 Å². The van der Waals surface area contributed by atoms with Crippen LogP contribution in [0.1, 0.15) is 18.6 Å². The highest BCUT2D eigenvalue weighted by Gasteiger charge is 2.16. The standard InChI is InChI=1S/C12H21N3O3S/c1-13-19(16,17)12-5-4-11(18-12)10-14-6-9-15-7-2-3-8-15/h4-5,13-14H,2-3,6-10H2,1H3. The molecule has 2 rings (SSSR count). The largest absolute Gasteiger partial charge is 0.447 e. The predicted octanol–water partition coefficient (Wildman–Crippen LogP) is 0.373. The number of nitrogens with one attached hydrogen (secondary N) is 2. The molecule has 1 aromatic heterocycles. The molecular weight excluding hydrogens is 266 g/mol. The van der Waals surface area contributed by atoms with Crippen molar-refractivity contribution < 1.29 is 12.8 Å². The summed E-state index contributed by atoms with van der Waals surface area (Å²) < 4.78 is 30.5. The minimum atomic E-state index is -3.47. The molecule has 0 atom stereocenters. The highest BCUT2D eigenvalue weighted by molar-refractivity contribution is 7.89. The van der Waals surface area contributed by atoms with Crippen LogP contribution in [-0.4, -0.2) is 46.5 Å². The average molecular weight is 287 g/mol. The zero-order valence-electron chi connectivity index (χ0n) is 11.2. The lowest BCUT2D eigenvalue weighted by molar-refractivity contribution is 0.330. The fourth-order valence-corrected chi connectivity index (χ4v) is 2.82. The second kappa shape index (κ2) is 6.51. The van der Waals surface area contributed by atoms with Crippen LogP contribution >= 0.6 is 0 Å². The Labute approximate surface area is 114 Å². The van der Waals surface area contributed by atoms with E-state index in [4.69, 9.17) is 4.42 Å². The Bertz CT molecular complexity index is 492. The van der Waals surface area contributed by atoms with Crippen LogP contribution in [0.5, 0.6) is 0 Å². The molecule has 0 aromatic carbocycles. The first-order valence-electron chi connectivity index (χ1n) is 6.57. The molecule has 1 fully saturated rings. The van der Waals surface area contributed by atoms with Crippen molar-refractivity contribution in [3.05, 3.63) is 17.9 Å². The molecule has 0 unspecified atom stereocenters. The smallest absolute Gasteiger partial charge is 0.273 e. The number of hydrogen-bond acceptors (Lipinski definition) is 5. The molecule has 1 aromatic rings. The fraction of sp³-hybridized carbons (Fsp3) is 0.667. The second-order valence-corrected chi connectivity index (χ2v) is 6.47. The Hall–Kier alpha value is -0.890. The number of sulfonamides is 1. The molecule has 0 amide bonds. The van der Waals surface area contributed by atoms with E-state index in [0.717, 1.165) is 13.1 Å². The van der Waals surface area contributed by atoms with Gasteiger partial charge in [-0.2, -0.15) is 0 Å². The second-order valence-electron chi connectivity index (χ2n) is 4.65. The van der Waals surface area contributed by atoms with E-state index in [0.29, 0.717) is 12.3 Å². The van der Waals surface area contributed by atoms with Crippen LogP contribution in [0.25, 0.3) is 0 Å². The van der Waals surface area contributed by atoms with Crippen molar-refractivity contribution in [1.29, 1.82) is 0 Å². The van der Waals surface area contributed by atoms with E-state index in [1.165, 1.54) is 39.0 Å². The van der Waals surface area contributed by atoms with Gasteiger partial charge in [-0.25, -0.2) is 13.1 Å². The lowest BCUT2D eigenvalue weighted by Gasteiger charge is -2.14. The van der Waals surface area contributed by atoms with E-state index < -0.39 is 10.0 Å². The molecule has 1 saturated heterocycles. The van der Waals surface area contributed by atoms with Crippen molar-refractivity contribution in [2.75, 3.05) is 33.2 Å². The highest BCUT2D eigenvalue weighted by Crippen LogP contribution is 2.13. The molecule has 108 valence electrons. The van der Waals surface area contributed by atoms with Crippen LogP contribution in [-0.2, 0) is 16.6 Å². The van der Waals surface area contributed by atoms with Crippen molar-refractivity contribution in [3.8, 4) is 0 Å². The number of nitrogens with zero attached hydrogens (tertiary/aromatic N) is 1. The molecular formula is C12H21N3O3S. The summed E-state index contributed by atoms with van der Waals surface area (Å²) >= 11 is 0. The van der Waals surface area contributed by atoms with Gasteiger partial charge in [0.25, 0.3) is 10.0 Å². The summed E-state index contributed by atoms with van der Waals surface area (Å²) in [4.78, 5) is 2.42. The van der Waals surface area contributed by atoms with Crippen molar-refractivity contribution in [3.63, 3.8) is 0 Å². The van der Waals surface area contributed by atoms with Crippen LogP contribution in [0.3, 0.4) is 0 Å². The normalized spacial score (nSPS) is 17.1. The molecule has 1 aliphatic heterocycles. The van der Waals surface area contributed by atoms with Crippen LogP contribution in [0.2, 0.25) is 0 Å². The molecule has 1 aliphatic rings. The molecule has 0 bridgehead atoms. The Morgan fingerprint density at radius 1 is 1.32 bits per heavy atom. The van der Waals surface area contributed by atoms with Gasteiger partial charge in [-0.3, -0.25) is 0 Å². The minimum Gasteiger partial charge on any atom is -0.447 e. The summed E-state index contributed by atoms with van der Waals surface area (Å²) in [5.74, 6) is 0.634. The highest BCUT2D eigenvalue weighted by atomic mass is 32.2. The van der Waals surface area contributed by atoms with Gasteiger partial charge in [0.2, 0.25) is 5.09 Å². The number of hydrogen-bond donors (Lipinski definition) is 2. The van der Waals surface area contributed by atoms with Gasteiger partial charge in [0.15, 0.2) is 0 Å². The Balaban J connectivity index is 1.74. The van der Waals surface area contributed by atoms with Crippen LogP contribution < -0.4 is 10.0 Å². The van der Waals surface area contributed by atoms with Crippen molar-refractivity contribution in [2.45, 2.75) is 24.5 Å². The molecule has 0 spiro atoms. The molecule has 19 heavy (non-hydrogen) atoms. The predicted molar refractivity (Wildman–Crippen MR) is 72.3 cm³/mol. The summed E-state index contributed by atoms with van der Waals surface area (Å²) in [6.45, 7) is 4.84. The summed E-state index contributed by atoms with van der Waals surface area (Å²) in [5.41, 5.74) is 0. The van der Waals surface area contributed by atoms with Gasteiger partial charge in [-0.15, -0.1) is 0 Å². The molecule has 7 heteroatoms. The van der Waals surface area contributed by atoms with E-state index in [1.54, 1.807) is 6.07 Å². The Morgan fingerprint density at radius 3 is 2.74 bits per heavy atom. The van der Waals surface area contributed by atoms with E-state index >= 15 is 0 Å². The molecule has 0 radical (unpaired) electrons. The van der Waals surface area contributed by atoms with Crippen molar-refractivity contribution in [2.24, 2.45) is 0 Å². The van der Waals surface area contributed by atoms with E-state index in [9.17, 15) is 8.42 Å². The fourth-order valence-electron chi connectivity index (χ4n) is 2.15. The molecule has 2 heterocycles. The van der Waals surface area contributed by atoms with E-state index in [1.807, 2.05) is 0 Å². The summed E-state index contributed by atoms with van der Waals surface area (Å²) in [7, 11) is -2.11. The van der Waals surface area contributed by atoms with Gasteiger partial charge in [0.1, 0.15) is 5.76 Å². The molecule has 0 aliphatic carbocycles. The Morgan fingerprint density at radius 2 is 2.05 bits per heavy atom. The summed E-state index contributed by atoms with van der Waals surface area (Å²) in [6, 6.07) is 3.16. The van der Waals surface area contributed by atoms with Crippen molar-refractivity contribution in [1.82, 2.24) is 14.9 Å². The van der Waals surface area contributed by atoms with Gasteiger partial charge >= 0.3 is 0 Å². The first kappa shape index (κ1) is 14.5. The van der Waals surface area contributed by atoms with E-state index in [2.05, 4.69) is 14.9 Å². The minimum absolute atomic E-state index is 0.0358. The van der Waals surface area contributed by atoms with Crippen LogP contribution in [0.15, 0.2) is 21.6 Å². The van der Waals surface area contributed by atoms with Gasteiger partial charge in [-0.1, -0.05) is 0 Å². The molecule has 2 N–H and O–H groups in total. The SMILES string of the molecule is CNS(=O)(=O)c1ccc(CNCCN2CCCC2)o1. The quantitative estimate of drug-likeness (QED) is 0.709. The number of furan rings is 1. The topological polar surface area (TPSA) is 74.6 Å². The molecule has 0 saturated carbocycles. The van der Waals surface area contributed by atoms with Gasteiger partial charge in [0, 0.05) is 13.1 Å². The lowest BCUT2D eigenvalue weighted by Crippen LogP contribution is -2.29. The maximum absolute atomic E-state index is 11.5. The summed E-state index contributed by atoms with van der Waals surface area (Å²) in [6.07, 6.45) is 2.59. The van der Waals surface area contributed by atoms with E-state index in [-0.39, 0.29) is 5.09 Å². The van der Waals surface area contributed by atoms with Gasteiger partial charge < -0.3 is 14.6 Å². The first-order valence-corrected chi connectivity index (χ1v) is 8.05. The number of rotatable bonds is 7. The summed E-state index contributed by atoms with van der Waals surface area (Å²) in [5, 5.41) is 3.22. The lowest BCUT2D eigenvalue weighted by atomic mass is 10.4. The third kappa shape index (κ3) is 4.04. The first-order chi connectivity index (χ1) is 9.12. The maximum Gasteiger partial charge on any atom is 0.273 e. The number of likely N-dealkylation sites (tertiary alicyclic amines) is 1. The molecule has 6 nitrogen and oxygen atoms in total.